The zero-order valence-corrected chi connectivity index (χ0v) is 22.8. The third-order valence-electron chi connectivity index (χ3n) is 7.77. The van der Waals surface area contributed by atoms with Crippen LogP contribution in [0.1, 0.15) is 42.5 Å². The fourth-order valence-electron chi connectivity index (χ4n) is 5.75. The minimum absolute atomic E-state index is 0.0198. The lowest BCUT2D eigenvalue weighted by Crippen LogP contribution is -2.68. The Hall–Kier alpha value is -3.55. The van der Waals surface area contributed by atoms with Gasteiger partial charge in [-0.1, -0.05) is 49.2 Å². The first-order valence-electron chi connectivity index (χ1n) is 13.3. The summed E-state index contributed by atoms with van der Waals surface area (Å²) in [5.41, 5.74) is 0.417. The molecule has 2 aromatic carbocycles. The lowest BCUT2D eigenvalue weighted by atomic mass is 9.94. The number of piperazine rings is 1. The number of aliphatic hydroxyl groups is 1. The average Bonchev–Trinajstić information content (AvgIpc) is 3.23. The molecular formula is C27H32N4O8S. The maximum absolute atomic E-state index is 14.0. The molecule has 3 amide bonds. The number of benzene rings is 2. The minimum atomic E-state index is -3.70. The van der Waals surface area contributed by atoms with Crippen LogP contribution in [-0.2, 0) is 29.1 Å². The van der Waals surface area contributed by atoms with Gasteiger partial charge in [-0.15, -0.1) is 0 Å². The first-order chi connectivity index (χ1) is 19.0. The van der Waals surface area contributed by atoms with Gasteiger partial charge >= 0.3 is 5.97 Å². The average molecular weight is 573 g/mol. The van der Waals surface area contributed by atoms with E-state index in [4.69, 9.17) is 4.74 Å². The standard InChI is InChI=1S/C27H32N4O8S/c1-40(37,38)30-14-17-9-3-5-12-20(28-24(33)19-11-6-8-16-7-2-4-10-18(16)19)26(35)31(17)22(15-30)25(34)29-21-13-23(32)39-27(21)36/h2,4,6-8,10-11,17,20-22,27,36H,3,5,9,12-15H2,1H3,(H,28,33)(H,29,34)/t17-,20-,21?,22-,27?/m0/s1. The van der Waals surface area contributed by atoms with Crippen molar-refractivity contribution in [3.05, 3.63) is 48.0 Å². The highest BCUT2D eigenvalue weighted by molar-refractivity contribution is 7.88. The highest BCUT2D eigenvalue weighted by Gasteiger charge is 2.47. The molecule has 0 aliphatic carbocycles. The molecule has 13 heteroatoms. The predicted molar refractivity (Wildman–Crippen MR) is 143 cm³/mol. The zero-order valence-electron chi connectivity index (χ0n) is 22.0. The van der Waals surface area contributed by atoms with Gasteiger partial charge in [0.1, 0.15) is 18.1 Å². The molecule has 3 N–H and O–H groups in total. The van der Waals surface area contributed by atoms with E-state index >= 15 is 0 Å². The van der Waals surface area contributed by atoms with E-state index in [2.05, 4.69) is 10.6 Å². The second-order valence-electron chi connectivity index (χ2n) is 10.5. The molecule has 3 heterocycles. The van der Waals surface area contributed by atoms with Gasteiger partial charge in [-0.2, -0.15) is 4.31 Å². The van der Waals surface area contributed by atoms with Gasteiger partial charge < -0.3 is 25.4 Å². The number of hydrogen-bond donors (Lipinski definition) is 3. The van der Waals surface area contributed by atoms with Gasteiger partial charge in [0.2, 0.25) is 28.1 Å². The molecule has 0 aromatic heterocycles. The van der Waals surface area contributed by atoms with Crippen molar-refractivity contribution in [3.63, 3.8) is 0 Å². The number of carbonyl (C=O) groups is 4. The number of amides is 3. The topological polar surface area (TPSA) is 162 Å². The van der Waals surface area contributed by atoms with Crippen molar-refractivity contribution in [2.24, 2.45) is 0 Å². The number of esters is 1. The summed E-state index contributed by atoms with van der Waals surface area (Å²) in [5.74, 6) is -2.30. The molecule has 40 heavy (non-hydrogen) atoms. The van der Waals surface area contributed by atoms with Gasteiger partial charge in [0, 0.05) is 24.7 Å². The van der Waals surface area contributed by atoms with E-state index in [1.807, 2.05) is 30.3 Å². The molecule has 2 unspecified atom stereocenters. The van der Waals surface area contributed by atoms with Crippen LogP contribution in [0.4, 0.5) is 0 Å². The summed E-state index contributed by atoms with van der Waals surface area (Å²) < 4.78 is 30.9. The molecule has 3 aliphatic rings. The van der Waals surface area contributed by atoms with Crippen LogP contribution in [0.3, 0.4) is 0 Å². The third kappa shape index (κ3) is 5.67. The van der Waals surface area contributed by atoms with Crippen LogP contribution in [0.25, 0.3) is 10.8 Å². The number of carbonyl (C=O) groups excluding carboxylic acids is 4. The predicted octanol–water partition coefficient (Wildman–Crippen LogP) is 0.103. The fourth-order valence-corrected chi connectivity index (χ4v) is 6.60. The fraction of sp³-hybridized carbons (Fsp3) is 0.481. The Balaban J connectivity index is 1.43. The Bertz CT molecular complexity index is 1440. The Kier molecular flexibility index (Phi) is 7.80. The molecule has 12 nitrogen and oxygen atoms in total. The van der Waals surface area contributed by atoms with E-state index in [0.717, 1.165) is 17.0 Å². The molecule has 0 bridgehead atoms. The van der Waals surface area contributed by atoms with Crippen LogP contribution in [0, 0.1) is 0 Å². The largest absolute Gasteiger partial charge is 0.434 e. The normalized spacial score (nSPS) is 27.9. The first-order valence-corrected chi connectivity index (χ1v) is 15.1. The number of ether oxygens (including phenoxy) is 1. The molecule has 5 rings (SSSR count). The van der Waals surface area contributed by atoms with Gasteiger partial charge in [-0.05, 0) is 29.7 Å². The number of rotatable bonds is 5. The van der Waals surface area contributed by atoms with E-state index in [-0.39, 0.29) is 19.5 Å². The molecule has 0 saturated carbocycles. The first kappa shape index (κ1) is 28.0. The van der Waals surface area contributed by atoms with Gasteiger partial charge in [0.25, 0.3) is 5.91 Å². The van der Waals surface area contributed by atoms with E-state index in [1.54, 1.807) is 12.1 Å². The molecule has 214 valence electrons. The molecular weight excluding hydrogens is 540 g/mol. The quantitative estimate of drug-likeness (QED) is 0.425. The van der Waals surface area contributed by atoms with Gasteiger partial charge in [-0.3, -0.25) is 19.2 Å². The number of hydrogen-bond acceptors (Lipinski definition) is 8. The Morgan fingerprint density at radius 1 is 1.00 bits per heavy atom. The van der Waals surface area contributed by atoms with E-state index in [0.29, 0.717) is 31.2 Å². The van der Waals surface area contributed by atoms with Crippen molar-refractivity contribution in [2.45, 2.75) is 62.6 Å². The number of cyclic esters (lactones) is 1. The van der Waals surface area contributed by atoms with Gasteiger partial charge in [0.05, 0.1) is 12.7 Å². The maximum atomic E-state index is 14.0. The monoisotopic (exact) mass is 572 g/mol. The minimum Gasteiger partial charge on any atom is -0.434 e. The number of nitrogens with one attached hydrogen (secondary N) is 2. The molecule has 2 aromatic rings. The van der Waals surface area contributed by atoms with Crippen LogP contribution in [-0.4, -0.2) is 96.2 Å². The maximum Gasteiger partial charge on any atom is 0.310 e. The second kappa shape index (κ2) is 11.1. The Labute approximate surface area is 231 Å². The molecule has 0 radical (unpaired) electrons. The Morgan fingerprint density at radius 3 is 2.45 bits per heavy atom. The second-order valence-corrected chi connectivity index (χ2v) is 12.5. The van der Waals surface area contributed by atoms with Gasteiger partial charge in [0.15, 0.2) is 0 Å². The summed E-state index contributed by atoms with van der Waals surface area (Å²) in [6, 6.07) is 8.96. The van der Waals surface area contributed by atoms with Crippen molar-refractivity contribution in [3.8, 4) is 0 Å². The Morgan fingerprint density at radius 2 is 1.73 bits per heavy atom. The summed E-state index contributed by atoms with van der Waals surface area (Å²) in [6.45, 7) is -0.277. The SMILES string of the molecule is CS(=O)(=O)N1C[C@@H]2CCCC[C@H](NC(=O)c3cccc4ccccc34)C(=O)N2[C@H](C(=O)NC2CC(=O)OC2O)C1. The van der Waals surface area contributed by atoms with E-state index < -0.39 is 64.2 Å². The molecule has 3 aliphatic heterocycles. The van der Waals surface area contributed by atoms with Crippen molar-refractivity contribution >= 4 is 44.5 Å². The summed E-state index contributed by atoms with van der Waals surface area (Å²) in [4.78, 5) is 53.9. The highest BCUT2D eigenvalue weighted by Crippen LogP contribution is 2.28. The van der Waals surface area contributed by atoms with Crippen molar-refractivity contribution in [2.75, 3.05) is 19.3 Å². The molecule has 3 fully saturated rings. The van der Waals surface area contributed by atoms with E-state index in [1.165, 1.54) is 9.21 Å². The number of nitrogens with zero attached hydrogens (tertiary/aromatic N) is 2. The number of fused-ring (bicyclic) bond motifs is 2. The van der Waals surface area contributed by atoms with E-state index in [9.17, 15) is 32.7 Å². The summed E-state index contributed by atoms with van der Waals surface area (Å²) in [6.07, 6.45) is 1.35. The lowest BCUT2D eigenvalue weighted by Gasteiger charge is -2.47. The van der Waals surface area contributed by atoms with Gasteiger partial charge in [-0.25, -0.2) is 8.42 Å². The summed E-state index contributed by atoms with van der Waals surface area (Å²) >= 11 is 0. The van der Waals surface area contributed by atoms with Crippen LogP contribution in [0.15, 0.2) is 42.5 Å². The number of aliphatic hydroxyl groups excluding tert-OH is 1. The lowest BCUT2D eigenvalue weighted by molar-refractivity contribution is -0.156. The van der Waals surface area contributed by atoms with Crippen molar-refractivity contribution < 1.29 is 37.4 Å². The molecule has 5 atom stereocenters. The molecule has 0 spiro atoms. The van der Waals surface area contributed by atoms with Crippen LogP contribution in [0.5, 0.6) is 0 Å². The summed E-state index contributed by atoms with van der Waals surface area (Å²) in [5, 5.41) is 17.0. The summed E-state index contributed by atoms with van der Waals surface area (Å²) in [7, 11) is -3.70. The zero-order chi connectivity index (χ0) is 28.6. The smallest absolute Gasteiger partial charge is 0.310 e. The van der Waals surface area contributed by atoms with Crippen LogP contribution >= 0.6 is 0 Å². The highest BCUT2D eigenvalue weighted by atomic mass is 32.2. The van der Waals surface area contributed by atoms with Crippen LogP contribution in [0.2, 0.25) is 0 Å². The van der Waals surface area contributed by atoms with Crippen molar-refractivity contribution in [1.82, 2.24) is 19.8 Å². The van der Waals surface area contributed by atoms with Crippen molar-refractivity contribution in [1.29, 1.82) is 0 Å². The number of sulfonamides is 1. The third-order valence-corrected chi connectivity index (χ3v) is 9.01. The molecule has 3 saturated heterocycles. The van der Waals surface area contributed by atoms with Crippen LogP contribution < -0.4 is 10.6 Å².